The second kappa shape index (κ2) is 7.93. The van der Waals surface area contributed by atoms with Crippen molar-refractivity contribution in [3.8, 4) is 0 Å². The van der Waals surface area contributed by atoms with Crippen LogP contribution in [-0.4, -0.2) is 27.6 Å². The highest BCUT2D eigenvalue weighted by Gasteiger charge is 2.01. The van der Waals surface area contributed by atoms with E-state index in [0.29, 0.717) is 18.6 Å². The maximum Gasteiger partial charge on any atom is 0.333 e. The first kappa shape index (κ1) is 12.3. The minimum atomic E-state index is -0.839. The molecule has 0 bridgehead atoms. The Hall–Kier alpha value is -0.693. The van der Waals surface area contributed by atoms with Crippen LogP contribution in [0.15, 0.2) is 12.2 Å². The fourth-order valence-electron chi connectivity index (χ4n) is 0.588. The standard InChI is InChI=1S/C7H14O5Si/c1-6(2)7(8)10-4-3-5-13-12-11-9/h9H,1,3-5,13H2,2H3. The maximum atomic E-state index is 10.8. The fourth-order valence-corrected chi connectivity index (χ4v) is 1.19. The molecule has 6 heteroatoms. The lowest BCUT2D eigenvalue weighted by atomic mass is 10.4. The summed E-state index contributed by atoms with van der Waals surface area (Å²) in [6.45, 7) is 5.39. The van der Waals surface area contributed by atoms with Gasteiger partial charge in [0, 0.05) is 5.57 Å². The second-order valence-electron chi connectivity index (χ2n) is 2.52. The Morgan fingerprint density at radius 3 is 2.85 bits per heavy atom. The van der Waals surface area contributed by atoms with Crippen LogP contribution in [0.25, 0.3) is 0 Å². The van der Waals surface area contributed by atoms with Crippen molar-refractivity contribution in [3.05, 3.63) is 12.2 Å². The third-order valence-electron chi connectivity index (χ3n) is 1.26. The SMILES string of the molecule is C=C(C)C(=O)OCCC[SiH2]OOO. The first-order valence-corrected chi connectivity index (χ1v) is 5.52. The second-order valence-corrected chi connectivity index (χ2v) is 3.87. The van der Waals surface area contributed by atoms with Gasteiger partial charge in [-0.15, -0.1) is 0 Å². The van der Waals surface area contributed by atoms with Gasteiger partial charge < -0.3 is 4.74 Å². The first-order valence-electron chi connectivity index (χ1n) is 3.94. The van der Waals surface area contributed by atoms with Crippen LogP contribution in [0.5, 0.6) is 0 Å². The summed E-state index contributed by atoms with van der Waals surface area (Å²) < 4.78 is 9.13. The normalized spacial score (nSPS) is 10.6. The van der Waals surface area contributed by atoms with Gasteiger partial charge in [-0.1, -0.05) is 11.6 Å². The summed E-state index contributed by atoms with van der Waals surface area (Å²) in [6.07, 6.45) is 0.717. The van der Waals surface area contributed by atoms with Gasteiger partial charge in [-0.05, 0) is 19.4 Å². The number of hydrogen-bond donors (Lipinski definition) is 1. The summed E-state index contributed by atoms with van der Waals surface area (Å²) in [5, 5.41) is 11.2. The van der Waals surface area contributed by atoms with Gasteiger partial charge in [-0.25, -0.2) is 10.1 Å². The molecule has 0 fully saturated rings. The van der Waals surface area contributed by atoms with Crippen LogP contribution in [0.3, 0.4) is 0 Å². The van der Waals surface area contributed by atoms with E-state index in [1.54, 1.807) is 6.92 Å². The molecule has 0 rings (SSSR count). The van der Waals surface area contributed by atoms with Crippen molar-refractivity contribution in [2.45, 2.75) is 19.4 Å². The zero-order chi connectivity index (χ0) is 10.1. The summed E-state index contributed by atoms with van der Waals surface area (Å²) in [7, 11) is -0.839. The molecule has 0 spiro atoms. The molecule has 0 unspecified atom stereocenters. The van der Waals surface area contributed by atoms with Crippen LogP contribution in [0.1, 0.15) is 13.3 Å². The van der Waals surface area contributed by atoms with Crippen molar-refractivity contribution in [1.82, 2.24) is 0 Å². The summed E-state index contributed by atoms with van der Waals surface area (Å²) >= 11 is 0. The highest BCUT2D eigenvalue weighted by atomic mass is 28.2. The Kier molecular flexibility index (Phi) is 7.51. The smallest absolute Gasteiger partial charge is 0.333 e. The minimum Gasteiger partial charge on any atom is -0.462 e. The van der Waals surface area contributed by atoms with Crippen LogP contribution in [0.2, 0.25) is 6.04 Å². The van der Waals surface area contributed by atoms with Gasteiger partial charge in [0.05, 0.1) is 6.61 Å². The van der Waals surface area contributed by atoms with Crippen molar-refractivity contribution >= 4 is 15.7 Å². The molecule has 0 aromatic carbocycles. The lowest BCUT2D eigenvalue weighted by Gasteiger charge is -2.02. The van der Waals surface area contributed by atoms with Gasteiger partial charge in [0.2, 0.25) is 9.76 Å². The number of ether oxygens (including phenoxy) is 1. The predicted octanol–water partition coefficient (Wildman–Crippen LogP) is 0.419. The molecular weight excluding hydrogens is 192 g/mol. The van der Waals surface area contributed by atoms with E-state index in [1.165, 1.54) is 0 Å². The molecule has 0 aliphatic carbocycles. The van der Waals surface area contributed by atoms with E-state index in [4.69, 9.17) is 9.99 Å². The van der Waals surface area contributed by atoms with Gasteiger partial charge in [0.25, 0.3) is 0 Å². The molecule has 76 valence electrons. The summed E-state index contributed by atoms with van der Waals surface area (Å²) in [5.41, 5.74) is 0.396. The Morgan fingerprint density at radius 2 is 2.31 bits per heavy atom. The monoisotopic (exact) mass is 206 g/mol. The molecule has 0 aliphatic rings. The van der Waals surface area contributed by atoms with E-state index in [9.17, 15) is 4.79 Å². The molecule has 0 aromatic rings. The summed E-state index contributed by atoms with van der Waals surface area (Å²) in [4.78, 5) is 10.8. The number of hydrogen-bond acceptors (Lipinski definition) is 5. The van der Waals surface area contributed by atoms with Crippen LogP contribution in [-0.2, 0) is 19.1 Å². The molecule has 0 aliphatic heterocycles. The molecular formula is C7H14O5Si. The van der Waals surface area contributed by atoms with E-state index in [-0.39, 0.29) is 5.97 Å². The van der Waals surface area contributed by atoms with Crippen molar-refractivity contribution in [3.63, 3.8) is 0 Å². The zero-order valence-corrected chi connectivity index (χ0v) is 9.03. The zero-order valence-electron chi connectivity index (χ0n) is 7.62. The van der Waals surface area contributed by atoms with Crippen LogP contribution >= 0.6 is 0 Å². The number of rotatable bonds is 7. The highest BCUT2D eigenvalue weighted by molar-refractivity contribution is 6.26. The Morgan fingerprint density at radius 1 is 1.62 bits per heavy atom. The van der Waals surface area contributed by atoms with Crippen molar-refractivity contribution in [2.75, 3.05) is 6.61 Å². The largest absolute Gasteiger partial charge is 0.462 e. The van der Waals surface area contributed by atoms with Crippen molar-refractivity contribution in [2.24, 2.45) is 0 Å². The number of esters is 1. The molecule has 5 nitrogen and oxygen atoms in total. The lowest BCUT2D eigenvalue weighted by molar-refractivity contribution is -0.442. The van der Waals surface area contributed by atoms with Crippen LogP contribution in [0, 0.1) is 0 Å². The summed E-state index contributed by atoms with van der Waals surface area (Å²) in [5.74, 6) is -0.374. The van der Waals surface area contributed by atoms with Crippen LogP contribution < -0.4 is 0 Å². The Balaban J connectivity index is 3.16. The molecule has 0 saturated carbocycles. The molecule has 0 aromatic heterocycles. The number of carbonyl (C=O) groups is 1. The van der Waals surface area contributed by atoms with Gasteiger partial charge in [-0.2, -0.15) is 0 Å². The maximum absolute atomic E-state index is 10.8. The van der Waals surface area contributed by atoms with Gasteiger partial charge in [-0.3, -0.25) is 4.58 Å². The van der Waals surface area contributed by atoms with E-state index in [2.05, 4.69) is 16.2 Å². The molecule has 1 N–H and O–H groups in total. The van der Waals surface area contributed by atoms with Crippen LogP contribution in [0.4, 0.5) is 0 Å². The van der Waals surface area contributed by atoms with E-state index in [1.807, 2.05) is 0 Å². The lowest BCUT2D eigenvalue weighted by Crippen LogP contribution is -2.07. The number of carbonyl (C=O) groups excluding carboxylic acids is 1. The Labute approximate surface area is 79.1 Å². The first-order chi connectivity index (χ1) is 6.18. The Bertz CT molecular complexity index is 170. The highest BCUT2D eigenvalue weighted by Crippen LogP contribution is 1.96. The summed E-state index contributed by atoms with van der Waals surface area (Å²) in [6, 6.07) is 0.782. The molecule has 0 atom stereocenters. The molecule has 0 saturated heterocycles. The third kappa shape index (κ3) is 7.66. The van der Waals surface area contributed by atoms with Gasteiger partial charge >= 0.3 is 5.97 Å². The van der Waals surface area contributed by atoms with Crippen molar-refractivity contribution < 1.29 is 24.4 Å². The van der Waals surface area contributed by atoms with E-state index < -0.39 is 9.76 Å². The molecule has 0 amide bonds. The van der Waals surface area contributed by atoms with Crippen molar-refractivity contribution in [1.29, 1.82) is 0 Å². The van der Waals surface area contributed by atoms with Gasteiger partial charge in [0.15, 0.2) is 0 Å². The molecule has 0 heterocycles. The third-order valence-corrected chi connectivity index (χ3v) is 2.32. The van der Waals surface area contributed by atoms with E-state index >= 15 is 0 Å². The minimum absolute atomic E-state index is 0.355. The average molecular weight is 206 g/mol. The quantitative estimate of drug-likeness (QED) is 0.163. The van der Waals surface area contributed by atoms with Gasteiger partial charge in [0.1, 0.15) is 0 Å². The average Bonchev–Trinajstić information content (AvgIpc) is 2.10. The van der Waals surface area contributed by atoms with E-state index in [0.717, 1.165) is 6.04 Å². The topological polar surface area (TPSA) is 65.0 Å². The molecule has 13 heavy (non-hydrogen) atoms. The molecule has 0 radical (unpaired) electrons. The fraction of sp³-hybridized carbons (Fsp3) is 0.571. The predicted molar refractivity (Wildman–Crippen MR) is 48.5 cm³/mol.